The fourth-order valence-corrected chi connectivity index (χ4v) is 5.49. The van der Waals surface area contributed by atoms with Crippen molar-refractivity contribution in [1.82, 2.24) is 9.55 Å². The number of sulfone groups is 1. The minimum absolute atomic E-state index is 0.0523. The highest BCUT2D eigenvalue weighted by Gasteiger charge is 2.24. The molecule has 0 atom stereocenters. The maximum Gasteiger partial charge on any atom is 0.178 e. The largest absolute Gasteiger partial charge is 0.298 e. The number of rotatable bonds is 5. The zero-order chi connectivity index (χ0) is 25.5. The molecule has 0 aliphatic heterocycles. The molecular weight excluding hydrogens is 499 g/mol. The molecule has 0 fully saturated rings. The maximum atomic E-state index is 12.4. The summed E-state index contributed by atoms with van der Waals surface area (Å²) >= 11 is 13.5. The first-order valence-corrected chi connectivity index (χ1v) is 13.8. The van der Waals surface area contributed by atoms with E-state index in [0.717, 1.165) is 33.6 Å². The normalized spacial score (nSPS) is 12.2. The lowest BCUT2D eigenvalue weighted by Crippen LogP contribution is -2.11. The molecule has 0 amide bonds. The topological polar surface area (TPSA) is 52.0 Å². The molecule has 35 heavy (non-hydrogen) atoms. The van der Waals surface area contributed by atoms with Crippen LogP contribution in [0.1, 0.15) is 39.0 Å². The van der Waals surface area contributed by atoms with Gasteiger partial charge < -0.3 is 0 Å². The second-order valence-corrected chi connectivity index (χ2v) is 12.7. The van der Waals surface area contributed by atoms with Gasteiger partial charge in [-0.2, -0.15) is 0 Å². The zero-order valence-electron chi connectivity index (χ0n) is 20.4. The zero-order valence-corrected chi connectivity index (χ0v) is 22.8. The minimum Gasteiger partial charge on any atom is -0.298 e. The summed E-state index contributed by atoms with van der Waals surface area (Å²) in [6, 6.07) is 18.5. The van der Waals surface area contributed by atoms with Crippen LogP contribution in [0.4, 0.5) is 0 Å². The van der Waals surface area contributed by atoms with Gasteiger partial charge in [-0.05, 0) is 60.0 Å². The molecule has 0 saturated carbocycles. The second-order valence-electron chi connectivity index (χ2n) is 9.60. The Morgan fingerprint density at radius 2 is 1.63 bits per heavy atom. The third kappa shape index (κ3) is 5.04. The van der Waals surface area contributed by atoms with Crippen molar-refractivity contribution in [2.75, 3.05) is 5.75 Å². The molecule has 4 nitrogen and oxygen atoms in total. The number of nitrogens with zero attached hydrogens (tertiary/aromatic N) is 2. The summed E-state index contributed by atoms with van der Waals surface area (Å²) in [5.41, 5.74) is 4.95. The number of benzene rings is 3. The molecule has 0 unspecified atom stereocenters. The first-order valence-electron chi connectivity index (χ1n) is 11.4. The smallest absolute Gasteiger partial charge is 0.178 e. The molecule has 3 aromatic carbocycles. The fraction of sp³-hybridized carbons (Fsp3) is 0.250. The number of halogens is 2. The van der Waals surface area contributed by atoms with Crippen molar-refractivity contribution in [1.29, 1.82) is 0 Å². The average molecular weight is 528 g/mol. The molecular formula is C28H28Cl2N2O2S. The first-order chi connectivity index (χ1) is 16.4. The van der Waals surface area contributed by atoms with Crippen molar-refractivity contribution >= 4 is 33.0 Å². The van der Waals surface area contributed by atoms with Crippen molar-refractivity contribution in [2.24, 2.45) is 0 Å². The third-order valence-electron chi connectivity index (χ3n) is 5.99. The van der Waals surface area contributed by atoms with Gasteiger partial charge in [0.1, 0.15) is 5.82 Å². The minimum atomic E-state index is -3.31. The lowest BCUT2D eigenvalue weighted by Gasteiger charge is -2.16. The fourth-order valence-electron chi connectivity index (χ4n) is 3.99. The average Bonchev–Trinajstić information content (AvgIpc) is 3.24. The van der Waals surface area contributed by atoms with Crippen LogP contribution >= 0.6 is 23.2 Å². The van der Waals surface area contributed by atoms with E-state index in [1.54, 1.807) is 25.1 Å². The standard InChI is InChI=1S/C28H28Cl2N2O2S/c1-6-35(33,34)21-11-9-10-19(15-21)20-14-18(2)26(24(30)16-20)32-17-25(28(3,4)5)31-27(32)22-12-7-8-13-23(22)29/h7-17H,6H2,1-5H3. The molecule has 0 spiro atoms. The van der Waals surface area contributed by atoms with E-state index in [0.29, 0.717) is 20.8 Å². The Bertz CT molecular complexity index is 1490. The van der Waals surface area contributed by atoms with E-state index in [2.05, 4.69) is 20.8 Å². The summed E-state index contributed by atoms with van der Waals surface area (Å²) in [6.45, 7) is 9.98. The Labute approximate surface area is 217 Å². The van der Waals surface area contributed by atoms with Crippen LogP contribution in [0.3, 0.4) is 0 Å². The van der Waals surface area contributed by atoms with Crippen molar-refractivity contribution in [3.05, 3.63) is 88.2 Å². The molecule has 0 bridgehead atoms. The number of imidazole rings is 1. The SMILES string of the molecule is CCS(=O)(=O)c1cccc(-c2cc(C)c(-n3cc(C(C)(C)C)nc3-c3ccccc3Cl)c(Cl)c2)c1. The predicted octanol–water partition coefficient (Wildman–Crippen LogP) is 7.91. The Morgan fingerprint density at radius 3 is 2.26 bits per heavy atom. The molecule has 0 aliphatic rings. The van der Waals surface area contributed by atoms with Crippen molar-refractivity contribution in [3.8, 4) is 28.2 Å². The van der Waals surface area contributed by atoms with Gasteiger partial charge in [0.15, 0.2) is 9.84 Å². The van der Waals surface area contributed by atoms with Gasteiger partial charge in [-0.1, -0.05) is 75.2 Å². The molecule has 182 valence electrons. The van der Waals surface area contributed by atoms with E-state index < -0.39 is 9.84 Å². The van der Waals surface area contributed by atoms with Gasteiger partial charge in [0, 0.05) is 17.2 Å². The molecule has 0 aliphatic carbocycles. The summed E-state index contributed by atoms with van der Waals surface area (Å²) in [4.78, 5) is 5.26. The first kappa shape index (κ1) is 25.5. The highest BCUT2D eigenvalue weighted by molar-refractivity contribution is 7.91. The van der Waals surface area contributed by atoms with Crippen LogP contribution in [0, 0.1) is 6.92 Å². The molecule has 1 aromatic heterocycles. The van der Waals surface area contributed by atoms with E-state index in [1.807, 2.05) is 60.2 Å². The Hall–Kier alpha value is -2.60. The van der Waals surface area contributed by atoms with Crippen LogP contribution in [-0.4, -0.2) is 23.7 Å². The molecule has 1 heterocycles. The molecule has 7 heteroatoms. The Kier molecular flexibility index (Phi) is 6.89. The lowest BCUT2D eigenvalue weighted by molar-refractivity contribution is 0.572. The van der Waals surface area contributed by atoms with Crippen molar-refractivity contribution in [2.45, 2.75) is 44.9 Å². The molecule has 0 N–H and O–H groups in total. The van der Waals surface area contributed by atoms with Crippen LogP contribution < -0.4 is 0 Å². The van der Waals surface area contributed by atoms with Gasteiger partial charge in [-0.3, -0.25) is 4.57 Å². The van der Waals surface area contributed by atoms with Crippen LogP contribution in [0.2, 0.25) is 10.0 Å². The van der Waals surface area contributed by atoms with Crippen LogP contribution in [0.15, 0.2) is 71.8 Å². The van der Waals surface area contributed by atoms with Crippen molar-refractivity contribution < 1.29 is 8.42 Å². The quantitative estimate of drug-likeness (QED) is 0.265. The lowest BCUT2D eigenvalue weighted by atomic mass is 9.93. The van der Waals surface area contributed by atoms with Gasteiger partial charge in [0.2, 0.25) is 0 Å². The molecule has 0 radical (unpaired) electrons. The van der Waals surface area contributed by atoms with E-state index >= 15 is 0 Å². The second kappa shape index (κ2) is 9.45. The summed E-state index contributed by atoms with van der Waals surface area (Å²) in [5.74, 6) is 0.769. The summed E-state index contributed by atoms with van der Waals surface area (Å²) in [5, 5.41) is 1.15. The highest BCUT2D eigenvalue weighted by atomic mass is 35.5. The summed E-state index contributed by atoms with van der Waals surface area (Å²) in [7, 11) is -3.31. The summed E-state index contributed by atoms with van der Waals surface area (Å²) < 4.78 is 26.8. The monoisotopic (exact) mass is 526 g/mol. The third-order valence-corrected chi connectivity index (χ3v) is 8.34. The van der Waals surface area contributed by atoms with Gasteiger partial charge >= 0.3 is 0 Å². The Morgan fingerprint density at radius 1 is 0.914 bits per heavy atom. The van der Waals surface area contributed by atoms with Gasteiger partial charge in [0.25, 0.3) is 0 Å². The predicted molar refractivity (Wildman–Crippen MR) is 146 cm³/mol. The van der Waals surface area contributed by atoms with Crippen LogP contribution in [-0.2, 0) is 15.3 Å². The van der Waals surface area contributed by atoms with Crippen LogP contribution in [0.25, 0.3) is 28.2 Å². The Balaban J connectivity index is 1.90. The van der Waals surface area contributed by atoms with E-state index in [9.17, 15) is 8.42 Å². The maximum absolute atomic E-state index is 12.4. The highest BCUT2D eigenvalue weighted by Crippen LogP contribution is 2.37. The molecule has 4 aromatic rings. The van der Waals surface area contributed by atoms with E-state index in [4.69, 9.17) is 28.2 Å². The number of aromatic nitrogens is 2. The van der Waals surface area contributed by atoms with Gasteiger partial charge in [-0.15, -0.1) is 0 Å². The van der Waals surface area contributed by atoms with Crippen LogP contribution in [0.5, 0.6) is 0 Å². The molecule has 0 saturated heterocycles. The van der Waals surface area contributed by atoms with Gasteiger partial charge in [-0.25, -0.2) is 13.4 Å². The van der Waals surface area contributed by atoms with E-state index in [1.165, 1.54) is 0 Å². The van der Waals surface area contributed by atoms with Crippen molar-refractivity contribution in [3.63, 3.8) is 0 Å². The number of hydrogen-bond donors (Lipinski definition) is 0. The van der Waals surface area contributed by atoms with E-state index in [-0.39, 0.29) is 11.2 Å². The molecule has 4 rings (SSSR count). The number of aryl methyl sites for hydroxylation is 1. The number of hydrogen-bond acceptors (Lipinski definition) is 3. The summed E-state index contributed by atoms with van der Waals surface area (Å²) in [6.07, 6.45) is 2.01. The van der Waals surface area contributed by atoms with Gasteiger partial charge in [0.05, 0.1) is 32.1 Å².